The van der Waals surface area contributed by atoms with E-state index in [1.54, 1.807) is 24.0 Å². The van der Waals surface area contributed by atoms with Crippen LogP contribution in [0, 0.1) is 0 Å². The van der Waals surface area contributed by atoms with E-state index in [9.17, 15) is 9.59 Å². The van der Waals surface area contributed by atoms with Crippen molar-refractivity contribution in [1.82, 2.24) is 14.7 Å². The molecule has 7 heteroatoms. The van der Waals surface area contributed by atoms with E-state index in [4.69, 9.17) is 10.2 Å². The van der Waals surface area contributed by atoms with Crippen molar-refractivity contribution < 1.29 is 9.21 Å². The first-order chi connectivity index (χ1) is 11.2. The molecule has 0 saturated heterocycles. The van der Waals surface area contributed by atoms with E-state index in [0.717, 1.165) is 4.68 Å². The average Bonchev–Trinajstić information content (AvgIpc) is 3.02. The Balaban J connectivity index is 2.47. The van der Waals surface area contributed by atoms with Gasteiger partial charge in [0.25, 0.3) is 5.56 Å². The van der Waals surface area contributed by atoms with Crippen molar-refractivity contribution in [3.05, 3.63) is 34.8 Å². The molecule has 0 spiro atoms. The summed E-state index contributed by atoms with van der Waals surface area (Å²) in [5, 5.41) is 4.28. The van der Waals surface area contributed by atoms with Crippen LogP contribution in [0.3, 0.4) is 0 Å². The highest BCUT2D eigenvalue weighted by atomic mass is 16.3. The van der Waals surface area contributed by atoms with Gasteiger partial charge in [-0.15, -0.1) is 0 Å². The standard InChI is InChI=1S/C17H24N4O3/c1-10(2)20(11(3)4)16(22)12(5)21-17(23)13(18)9-14(19-21)15-7-6-8-24-15/h6-12H,18H2,1-5H3. The minimum atomic E-state index is -0.764. The van der Waals surface area contributed by atoms with E-state index in [1.807, 2.05) is 27.7 Å². The summed E-state index contributed by atoms with van der Waals surface area (Å²) in [5.41, 5.74) is 5.77. The lowest BCUT2D eigenvalue weighted by Crippen LogP contribution is -2.47. The molecule has 130 valence electrons. The Kier molecular flexibility index (Phi) is 5.11. The maximum absolute atomic E-state index is 12.8. The van der Waals surface area contributed by atoms with Gasteiger partial charge in [-0.1, -0.05) is 0 Å². The van der Waals surface area contributed by atoms with Crippen LogP contribution in [0.15, 0.2) is 33.7 Å². The number of nitrogen functional groups attached to an aromatic ring is 1. The molecule has 1 atom stereocenters. The van der Waals surface area contributed by atoms with Gasteiger partial charge in [-0.05, 0) is 52.8 Å². The lowest BCUT2D eigenvalue weighted by Gasteiger charge is -2.33. The predicted molar refractivity (Wildman–Crippen MR) is 92.4 cm³/mol. The maximum Gasteiger partial charge on any atom is 0.290 e. The molecule has 24 heavy (non-hydrogen) atoms. The van der Waals surface area contributed by atoms with E-state index in [0.29, 0.717) is 11.5 Å². The third-order valence-corrected chi connectivity index (χ3v) is 3.83. The van der Waals surface area contributed by atoms with Crippen LogP contribution in [0.2, 0.25) is 0 Å². The van der Waals surface area contributed by atoms with E-state index < -0.39 is 11.6 Å². The second-order valence-corrected chi connectivity index (χ2v) is 6.32. The van der Waals surface area contributed by atoms with Gasteiger partial charge >= 0.3 is 0 Å². The summed E-state index contributed by atoms with van der Waals surface area (Å²) < 4.78 is 6.44. The molecule has 0 aliphatic heterocycles. The molecule has 0 radical (unpaired) electrons. The first-order valence-electron chi connectivity index (χ1n) is 7.99. The quantitative estimate of drug-likeness (QED) is 0.906. The van der Waals surface area contributed by atoms with Crippen molar-refractivity contribution in [1.29, 1.82) is 0 Å². The summed E-state index contributed by atoms with van der Waals surface area (Å²) in [4.78, 5) is 27.0. The van der Waals surface area contributed by atoms with Crippen LogP contribution in [-0.2, 0) is 4.79 Å². The molecule has 2 aromatic heterocycles. The van der Waals surface area contributed by atoms with Crippen LogP contribution in [0.5, 0.6) is 0 Å². The highest BCUT2D eigenvalue weighted by Crippen LogP contribution is 2.20. The molecule has 0 aromatic carbocycles. The molecular weight excluding hydrogens is 308 g/mol. The summed E-state index contributed by atoms with van der Waals surface area (Å²) >= 11 is 0. The number of aromatic nitrogens is 2. The molecule has 2 heterocycles. The van der Waals surface area contributed by atoms with Crippen molar-refractivity contribution >= 4 is 11.6 Å². The van der Waals surface area contributed by atoms with Crippen molar-refractivity contribution in [3.63, 3.8) is 0 Å². The number of nitrogens with two attached hydrogens (primary N) is 1. The number of carbonyl (C=O) groups is 1. The summed E-state index contributed by atoms with van der Waals surface area (Å²) in [5.74, 6) is 0.310. The van der Waals surface area contributed by atoms with Crippen molar-refractivity contribution in [3.8, 4) is 11.5 Å². The van der Waals surface area contributed by atoms with Crippen LogP contribution >= 0.6 is 0 Å². The van der Waals surface area contributed by atoms with Crippen LogP contribution in [0.4, 0.5) is 5.69 Å². The predicted octanol–water partition coefficient (Wildman–Crippen LogP) is 2.29. The number of furan rings is 1. The third kappa shape index (κ3) is 3.34. The molecule has 7 nitrogen and oxygen atoms in total. The van der Waals surface area contributed by atoms with Gasteiger partial charge in [-0.2, -0.15) is 5.10 Å². The Morgan fingerprint density at radius 2 is 1.88 bits per heavy atom. The Morgan fingerprint density at radius 1 is 1.25 bits per heavy atom. The van der Waals surface area contributed by atoms with E-state index >= 15 is 0 Å². The molecule has 0 saturated carbocycles. The third-order valence-electron chi connectivity index (χ3n) is 3.83. The number of carbonyl (C=O) groups excluding carboxylic acids is 1. The van der Waals surface area contributed by atoms with Gasteiger partial charge in [0.1, 0.15) is 17.4 Å². The zero-order valence-electron chi connectivity index (χ0n) is 14.7. The Hall–Kier alpha value is -2.57. The van der Waals surface area contributed by atoms with E-state index in [1.165, 1.54) is 12.3 Å². The maximum atomic E-state index is 12.8. The lowest BCUT2D eigenvalue weighted by molar-refractivity contribution is -0.138. The number of rotatable bonds is 5. The molecule has 0 bridgehead atoms. The van der Waals surface area contributed by atoms with Gasteiger partial charge < -0.3 is 15.1 Å². The smallest absolute Gasteiger partial charge is 0.290 e. The number of hydrogen-bond acceptors (Lipinski definition) is 5. The molecular formula is C17H24N4O3. The first kappa shape index (κ1) is 17.8. The fraction of sp³-hybridized carbons (Fsp3) is 0.471. The fourth-order valence-electron chi connectivity index (χ4n) is 2.76. The van der Waals surface area contributed by atoms with Crippen LogP contribution in [-0.4, -0.2) is 32.7 Å². The summed E-state index contributed by atoms with van der Waals surface area (Å²) in [6.45, 7) is 9.41. The number of amides is 1. The molecule has 1 amide bonds. The Labute approximate surface area is 141 Å². The molecule has 1 unspecified atom stereocenters. The molecule has 0 fully saturated rings. The molecule has 2 rings (SSSR count). The number of hydrogen-bond donors (Lipinski definition) is 1. The van der Waals surface area contributed by atoms with Crippen LogP contribution < -0.4 is 11.3 Å². The van der Waals surface area contributed by atoms with Gasteiger partial charge in [0.05, 0.1) is 6.26 Å². The zero-order valence-corrected chi connectivity index (χ0v) is 14.7. The van der Waals surface area contributed by atoms with Crippen molar-refractivity contribution in [2.24, 2.45) is 0 Å². The topological polar surface area (TPSA) is 94.4 Å². The normalized spacial score (nSPS) is 12.6. The van der Waals surface area contributed by atoms with Crippen LogP contribution in [0.1, 0.15) is 40.7 Å². The van der Waals surface area contributed by atoms with Gasteiger partial charge in [0.2, 0.25) is 5.91 Å². The van der Waals surface area contributed by atoms with Gasteiger partial charge in [0.15, 0.2) is 5.76 Å². The van der Waals surface area contributed by atoms with E-state index in [-0.39, 0.29) is 23.7 Å². The SMILES string of the molecule is CC(C)N(C(=O)C(C)n1nc(-c2ccco2)cc(N)c1=O)C(C)C. The fourth-order valence-corrected chi connectivity index (χ4v) is 2.76. The minimum Gasteiger partial charge on any atom is -0.463 e. The monoisotopic (exact) mass is 332 g/mol. The van der Waals surface area contributed by atoms with Gasteiger partial charge in [0, 0.05) is 12.1 Å². The highest BCUT2D eigenvalue weighted by molar-refractivity contribution is 5.80. The average molecular weight is 332 g/mol. The first-order valence-corrected chi connectivity index (χ1v) is 7.99. The Morgan fingerprint density at radius 3 is 2.38 bits per heavy atom. The minimum absolute atomic E-state index is 0.0151. The van der Waals surface area contributed by atoms with Crippen LogP contribution in [0.25, 0.3) is 11.5 Å². The second kappa shape index (κ2) is 6.90. The summed E-state index contributed by atoms with van der Waals surface area (Å²) in [7, 11) is 0. The van der Waals surface area contributed by atoms with Crippen molar-refractivity contribution in [2.45, 2.75) is 52.7 Å². The lowest BCUT2D eigenvalue weighted by atomic mass is 10.1. The molecule has 0 aliphatic carbocycles. The molecule has 2 aromatic rings. The largest absolute Gasteiger partial charge is 0.463 e. The molecule has 0 aliphatic rings. The van der Waals surface area contributed by atoms with Gasteiger partial charge in [-0.25, -0.2) is 4.68 Å². The van der Waals surface area contributed by atoms with E-state index in [2.05, 4.69) is 5.10 Å². The number of anilines is 1. The van der Waals surface area contributed by atoms with Gasteiger partial charge in [-0.3, -0.25) is 9.59 Å². The summed E-state index contributed by atoms with van der Waals surface area (Å²) in [6.07, 6.45) is 1.51. The molecule has 2 N–H and O–H groups in total. The zero-order chi connectivity index (χ0) is 18.0. The van der Waals surface area contributed by atoms with Crippen molar-refractivity contribution in [2.75, 3.05) is 5.73 Å². The Bertz CT molecular complexity index is 755. The second-order valence-electron chi connectivity index (χ2n) is 6.32. The highest BCUT2D eigenvalue weighted by Gasteiger charge is 2.28. The number of nitrogens with zero attached hydrogens (tertiary/aromatic N) is 3. The summed E-state index contributed by atoms with van der Waals surface area (Å²) in [6, 6.07) is 4.16.